The van der Waals surface area contributed by atoms with E-state index in [0.717, 1.165) is 13.0 Å². The fraction of sp³-hybridized carbons (Fsp3) is 0.571. The minimum absolute atomic E-state index is 0.199. The van der Waals surface area contributed by atoms with Crippen molar-refractivity contribution in [3.63, 3.8) is 0 Å². The van der Waals surface area contributed by atoms with Crippen molar-refractivity contribution in [1.29, 1.82) is 5.41 Å². The SMILES string of the molecule is C=CCCNC(C)C=N. The van der Waals surface area contributed by atoms with Gasteiger partial charge >= 0.3 is 0 Å². The molecule has 0 aromatic rings. The minimum atomic E-state index is 0.199. The van der Waals surface area contributed by atoms with Crippen molar-refractivity contribution < 1.29 is 0 Å². The van der Waals surface area contributed by atoms with E-state index in [4.69, 9.17) is 5.41 Å². The van der Waals surface area contributed by atoms with Gasteiger partial charge in [-0.25, -0.2) is 0 Å². The summed E-state index contributed by atoms with van der Waals surface area (Å²) in [5.41, 5.74) is 0. The molecule has 52 valence electrons. The van der Waals surface area contributed by atoms with Crippen LogP contribution in [0.5, 0.6) is 0 Å². The highest BCUT2D eigenvalue weighted by atomic mass is 14.9. The van der Waals surface area contributed by atoms with Crippen molar-refractivity contribution in [2.24, 2.45) is 0 Å². The van der Waals surface area contributed by atoms with Gasteiger partial charge in [0.1, 0.15) is 0 Å². The van der Waals surface area contributed by atoms with Gasteiger partial charge in [0.15, 0.2) is 0 Å². The van der Waals surface area contributed by atoms with Gasteiger partial charge in [-0.2, -0.15) is 0 Å². The lowest BCUT2D eigenvalue weighted by molar-refractivity contribution is 0.668. The molecule has 0 aliphatic rings. The quantitative estimate of drug-likeness (QED) is 0.324. The summed E-state index contributed by atoms with van der Waals surface area (Å²) in [5.74, 6) is 0. The Morgan fingerprint density at radius 1 is 1.78 bits per heavy atom. The Bertz CT molecular complexity index is 88.9. The van der Waals surface area contributed by atoms with Crippen molar-refractivity contribution in [3.8, 4) is 0 Å². The molecule has 0 saturated heterocycles. The summed E-state index contributed by atoms with van der Waals surface area (Å²) in [6, 6.07) is 0.199. The van der Waals surface area contributed by atoms with Crippen LogP contribution in [-0.4, -0.2) is 18.8 Å². The molecule has 1 unspecified atom stereocenters. The van der Waals surface area contributed by atoms with Crippen LogP contribution in [0.15, 0.2) is 12.7 Å². The third-order valence-corrected chi connectivity index (χ3v) is 1.06. The first-order chi connectivity index (χ1) is 4.31. The predicted molar refractivity (Wildman–Crippen MR) is 41.1 cm³/mol. The molecular weight excluding hydrogens is 112 g/mol. The summed E-state index contributed by atoms with van der Waals surface area (Å²) in [7, 11) is 0. The van der Waals surface area contributed by atoms with Crippen LogP contribution in [0.25, 0.3) is 0 Å². The normalized spacial score (nSPS) is 12.6. The molecule has 2 nitrogen and oxygen atoms in total. The van der Waals surface area contributed by atoms with E-state index >= 15 is 0 Å². The van der Waals surface area contributed by atoms with Gasteiger partial charge in [-0.15, -0.1) is 6.58 Å². The topological polar surface area (TPSA) is 35.9 Å². The number of hydrogen-bond acceptors (Lipinski definition) is 2. The Morgan fingerprint density at radius 2 is 2.44 bits per heavy atom. The van der Waals surface area contributed by atoms with Crippen molar-refractivity contribution >= 4 is 6.21 Å². The third-order valence-electron chi connectivity index (χ3n) is 1.06. The van der Waals surface area contributed by atoms with Crippen LogP contribution in [-0.2, 0) is 0 Å². The van der Waals surface area contributed by atoms with Gasteiger partial charge in [0.05, 0.1) is 0 Å². The third kappa shape index (κ3) is 5.24. The molecule has 0 radical (unpaired) electrons. The molecule has 0 fully saturated rings. The minimum Gasteiger partial charge on any atom is -0.311 e. The fourth-order valence-electron chi connectivity index (χ4n) is 0.472. The van der Waals surface area contributed by atoms with Crippen LogP contribution in [0.3, 0.4) is 0 Å². The molecule has 0 heterocycles. The second-order valence-electron chi connectivity index (χ2n) is 1.99. The Labute approximate surface area is 56.5 Å². The van der Waals surface area contributed by atoms with E-state index in [1.54, 1.807) is 0 Å². The van der Waals surface area contributed by atoms with E-state index in [2.05, 4.69) is 11.9 Å². The first-order valence-corrected chi connectivity index (χ1v) is 3.16. The van der Waals surface area contributed by atoms with Crippen LogP contribution in [0, 0.1) is 5.41 Å². The van der Waals surface area contributed by atoms with Crippen molar-refractivity contribution in [3.05, 3.63) is 12.7 Å². The fourth-order valence-corrected chi connectivity index (χ4v) is 0.472. The van der Waals surface area contributed by atoms with Crippen LogP contribution in [0.4, 0.5) is 0 Å². The average Bonchev–Trinajstić information content (AvgIpc) is 1.89. The summed E-state index contributed by atoms with van der Waals surface area (Å²) in [6.07, 6.45) is 4.23. The lowest BCUT2D eigenvalue weighted by atomic mass is 10.3. The predicted octanol–water partition coefficient (Wildman–Crippen LogP) is 1.19. The van der Waals surface area contributed by atoms with Crippen LogP contribution in [0.1, 0.15) is 13.3 Å². The zero-order valence-electron chi connectivity index (χ0n) is 5.85. The van der Waals surface area contributed by atoms with Gasteiger partial charge in [-0.3, -0.25) is 0 Å². The maximum absolute atomic E-state index is 6.83. The molecule has 0 amide bonds. The van der Waals surface area contributed by atoms with Crippen LogP contribution < -0.4 is 5.32 Å². The Balaban J connectivity index is 3.05. The van der Waals surface area contributed by atoms with Gasteiger partial charge in [0.25, 0.3) is 0 Å². The molecule has 0 bridgehead atoms. The van der Waals surface area contributed by atoms with Gasteiger partial charge < -0.3 is 10.7 Å². The maximum Gasteiger partial charge on any atom is 0.0388 e. The maximum atomic E-state index is 6.83. The first kappa shape index (κ1) is 8.37. The molecule has 0 aliphatic heterocycles. The molecule has 0 spiro atoms. The number of rotatable bonds is 5. The molecule has 0 rings (SSSR count). The Hall–Kier alpha value is -0.630. The molecule has 1 atom stereocenters. The van der Waals surface area contributed by atoms with Crippen LogP contribution in [0.2, 0.25) is 0 Å². The zero-order chi connectivity index (χ0) is 7.11. The van der Waals surface area contributed by atoms with E-state index in [-0.39, 0.29) is 6.04 Å². The molecule has 0 aromatic carbocycles. The van der Waals surface area contributed by atoms with E-state index in [1.165, 1.54) is 6.21 Å². The van der Waals surface area contributed by atoms with E-state index in [1.807, 2.05) is 13.0 Å². The highest BCUT2D eigenvalue weighted by Crippen LogP contribution is 1.78. The highest BCUT2D eigenvalue weighted by molar-refractivity contribution is 5.59. The van der Waals surface area contributed by atoms with E-state index < -0.39 is 0 Å². The van der Waals surface area contributed by atoms with Gasteiger partial charge in [0.2, 0.25) is 0 Å². The smallest absolute Gasteiger partial charge is 0.0388 e. The summed E-state index contributed by atoms with van der Waals surface area (Å²) in [6.45, 7) is 6.46. The second-order valence-corrected chi connectivity index (χ2v) is 1.99. The molecule has 0 saturated carbocycles. The monoisotopic (exact) mass is 126 g/mol. The first-order valence-electron chi connectivity index (χ1n) is 3.16. The average molecular weight is 126 g/mol. The van der Waals surface area contributed by atoms with E-state index in [9.17, 15) is 0 Å². The van der Waals surface area contributed by atoms with Gasteiger partial charge in [0, 0.05) is 12.3 Å². The summed E-state index contributed by atoms with van der Waals surface area (Å²) < 4.78 is 0. The van der Waals surface area contributed by atoms with Crippen molar-refractivity contribution in [2.45, 2.75) is 19.4 Å². The molecule has 0 aromatic heterocycles. The number of hydrogen-bond donors (Lipinski definition) is 2. The summed E-state index contributed by atoms with van der Waals surface area (Å²) in [5, 5.41) is 9.95. The second kappa shape index (κ2) is 5.51. The molecule has 0 aliphatic carbocycles. The van der Waals surface area contributed by atoms with Gasteiger partial charge in [-0.05, 0) is 19.9 Å². The van der Waals surface area contributed by atoms with Gasteiger partial charge in [-0.1, -0.05) is 6.08 Å². The Kier molecular flexibility index (Phi) is 5.12. The van der Waals surface area contributed by atoms with Crippen LogP contribution >= 0.6 is 0 Å². The lowest BCUT2D eigenvalue weighted by Gasteiger charge is -2.04. The lowest BCUT2D eigenvalue weighted by Crippen LogP contribution is -2.27. The van der Waals surface area contributed by atoms with Crippen molar-refractivity contribution in [2.75, 3.05) is 6.54 Å². The van der Waals surface area contributed by atoms with E-state index in [0.29, 0.717) is 0 Å². The highest BCUT2D eigenvalue weighted by Gasteiger charge is 1.90. The summed E-state index contributed by atoms with van der Waals surface area (Å²) >= 11 is 0. The standard InChI is InChI=1S/C7H14N2/c1-3-4-5-9-7(2)6-8/h3,6-9H,1,4-5H2,2H3. The summed E-state index contributed by atoms with van der Waals surface area (Å²) in [4.78, 5) is 0. The number of nitrogens with one attached hydrogen (secondary N) is 2. The van der Waals surface area contributed by atoms with Crippen molar-refractivity contribution in [1.82, 2.24) is 5.32 Å². The largest absolute Gasteiger partial charge is 0.311 e. The molecule has 9 heavy (non-hydrogen) atoms. The molecule has 2 N–H and O–H groups in total. The molecule has 2 heteroatoms. The Morgan fingerprint density at radius 3 is 2.89 bits per heavy atom. The zero-order valence-corrected chi connectivity index (χ0v) is 5.85. The molecular formula is C7H14N2.